The van der Waals surface area contributed by atoms with Crippen LogP contribution in [0.4, 0.5) is 13.2 Å². The van der Waals surface area contributed by atoms with E-state index in [1.807, 2.05) is 0 Å². The van der Waals surface area contributed by atoms with Crippen LogP contribution in [0.2, 0.25) is 0 Å². The van der Waals surface area contributed by atoms with Crippen molar-refractivity contribution < 1.29 is 22.7 Å². The molecule has 1 amide bonds. The monoisotopic (exact) mass is 379 g/mol. The summed E-state index contributed by atoms with van der Waals surface area (Å²) in [6.07, 6.45) is -6.27. The fraction of sp³-hybridized carbons (Fsp3) is 0.222. The Bertz CT molecular complexity index is 995. The number of rotatable bonds is 5. The molecule has 1 atom stereocenters. The molecule has 0 bridgehead atoms. The predicted octanol–water partition coefficient (Wildman–Crippen LogP) is 3.17. The molecule has 1 aromatic heterocycles. The van der Waals surface area contributed by atoms with Crippen molar-refractivity contribution in [3.05, 3.63) is 64.6 Å². The van der Waals surface area contributed by atoms with Crippen LogP contribution in [0.3, 0.4) is 0 Å². The van der Waals surface area contributed by atoms with Gasteiger partial charge >= 0.3 is 17.8 Å². The maximum Gasteiger partial charge on any atom is 0.471 e. The largest absolute Gasteiger partial charge is 0.471 e. The van der Waals surface area contributed by atoms with E-state index < -0.39 is 24.0 Å². The minimum absolute atomic E-state index is 0.159. The number of ether oxygens (including phenoxy) is 1. The normalized spacial score (nSPS) is 12.7. The third kappa shape index (κ3) is 4.13. The van der Waals surface area contributed by atoms with Crippen LogP contribution in [0.15, 0.2) is 53.3 Å². The van der Waals surface area contributed by atoms with Crippen molar-refractivity contribution in [3.63, 3.8) is 0 Å². The van der Waals surface area contributed by atoms with Gasteiger partial charge in [0.1, 0.15) is 11.3 Å². The van der Waals surface area contributed by atoms with E-state index in [-0.39, 0.29) is 12.3 Å². The molecule has 6 nitrogen and oxygen atoms in total. The van der Waals surface area contributed by atoms with Crippen LogP contribution in [-0.4, -0.2) is 33.2 Å². The van der Waals surface area contributed by atoms with Crippen molar-refractivity contribution in [1.29, 1.82) is 0 Å². The summed E-state index contributed by atoms with van der Waals surface area (Å²) in [6.45, 7) is 1.07. The lowest BCUT2D eigenvalue weighted by Crippen LogP contribution is -2.47. The smallest absolute Gasteiger partial charge is 0.468 e. The second kappa shape index (κ2) is 7.18. The molecule has 0 radical (unpaired) electrons. The lowest BCUT2D eigenvalue weighted by molar-refractivity contribution is -0.193. The van der Waals surface area contributed by atoms with E-state index in [0.29, 0.717) is 21.5 Å². The minimum atomic E-state index is -5.04. The van der Waals surface area contributed by atoms with Crippen molar-refractivity contribution in [1.82, 2.24) is 14.9 Å². The standard InChI is InChI=1S/C18H16F3N3O3/c1-11(27-14-9-5-8-13-15(14)23-17(26)22-13)24(16(25)18(19,20)21)10-12-6-3-2-4-7-12/h2-9,11H,10H2,1H3,(H2,22,23,26). The van der Waals surface area contributed by atoms with Crippen molar-refractivity contribution in [2.45, 2.75) is 25.9 Å². The quantitative estimate of drug-likeness (QED) is 0.669. The van der Waals surface area contributed by atoms with Gasteiger partial charge < -0.3 is 14.7 Å². The molecule has 1 heterocycles. The second-order valence-electron chi connectivity index (χ2n) is 5.89. The lowest BCUT2D eigenvalue weighted by atomic mass is 10.2. The highest BCUT2D eigenvalue weighted by Gasteiger charge is 2.44. The summed E-state index contributed by atoms with van der Waals surface area (Å²) in [5.41, 5.74) is 0.815. The predicted molar refractivity (Wildman–Crippen MR) is 92.1 cm³/mol. The number of carbonyl (C=O) groups excluding carboxylic acids is 1. The molecule has 0 aliphatic carbocycles. The SMILES string of the molecule is CC(Oc1cccc2[nH]c(=O)[nH]c12)N(Cc1ccccc1)C(=O)C(F)(F)F. The molecule has 0 spiro atoms. The number of nitrogens with one attached hydrogen (secondary N) is 2. The molecule has 1 unspecified atom stereocenters. The first-order valence-corrected chi connectivity index (χ1v) is 8.05. The fourth-order valence-corrected chi connectivity index (χ4v) is 2.69. The molecular weight excluding hydrogens is 363 g/mol. The van der Waals surface area contributed by atoms with Crippen molar-refractivity contribution in [3.8, 4) is 5.75 Å². The van der Waals surface area contributed by atoms with Crippen molar-refractivity contribution in [2.75, 3.05) is 0 Å². The molecule has 142 valence electrons. The van der Waals surface area contributed by atoms with Crippen LogP contribution in [0.5, 0.6) is 5.75 Å². The van der Waals surface area contributed by atoms with E-state index in [0.717, 1.165) is 0 Å². The number of benzene rings is 2. The van der Waals surface area contributed by atoms with Gasteiger partial charge in [-0.1, -0.05) is 36.4 Å². The first-order chi connectivity index (χ1) is 12.8. The molecule has 27 heavy (non-hydrogen) atoms. The van der Waals surface area contributed by atoms with Gasteiger partial charge in [-0.3, -0.25) is 9.69 Å². The number of fused-ring (bicyclic) bond motifs is 1. The maximum atomic E-state index is 13.1. The summed E-state index contributed by atoms with van der Waals surface area (Å²) < 4.78 is 44.8. The fourth-order valence-electron chi connectivity index (χ4n) is 2.69. The van der Waals surface area contributed by atoms with Crippen LogP contribution in [0.1, 0.15) is 12.5 Å². The van der Waals surface area contributed by atoms with Crippen LogP contribution in [-0.2, 0) is 11.3 Å². The van der Waals surface area contributed by atoms with Gasteiger partial charge in [0.2, 0.25) is 0 Å². The summed E-state index contributed by atoms with van der Waals surface area (Å²) in [6, 6.07) is 13.0. The van der Waals surface area contributed by atoms with Gasteiger partial charge in [-0.05, 0) is 24.6 Å². The summed E-state index contributed by atoms with van der Waals surface area (Å²) in [4.78, 5) is 29.0. The Hall–Kier alpha value is -3.23. The zero-order chi connectivity index (χ0) is 19.6. The van der Waals surface area contributed by atoms with Gasteiger partial charge in [-0.25, -0.2) is 4.79 Å². The summed E-state index contributed by atoms with van der Waals surface area (Å²) in [5, 5.41) is 0. The van der Waals surface area contributed by atoms with Gasteiger partial charge in [0.05, 0.1) is 5.52 Å². The van der Waals surface area contributed by atoms with E-state index in [2.05, 4.69) is 9.97 Å². The van der Waals surface area contributed by atoms with Crippen LogP contribution >= 0.6 is 0 Å². The number of hydrogen-bond donors (Lipinski definition) is 2. The number of amides is 1. The Morgan fingerprint density at radius 1 is 1.11 bits per heavy atom. The number of H-pyrrole nitrogens is 2. The third-order valence-electron chi connectivity index (χ3n) is 3.95. The molecule has 9 heteroatoms. The van der Waals surface area contributed by atoms with Crippen LogP contribution < -0.4 is 10.4 Å². The Morgan fingerprint density at radius 3 is 2.48 bits per heavy atom. The van der Waals surface area contributed by atoms with E-state index in [1.54, 1.807) is 42.5 Å². The van der Waals surface area contributed by atoms with E-state index in [4.69, 9.17) is 4.74 Å². The van der Waals surface area contributed by atoms with Crippen LogP contribution in [0.25, 0.3) is 11.0 Å². The molecule has 3 rings (SSSR count). The number of nitrogens with zero attached hydrogens (tertiary/aromatic N) is 1. The molecule has 0 saturated heterocycles. The zero-order valence-electron chi connectivity index (χ0n) is 14.2. The number of para-hydroxylation sites is 1. The average molecular weight is 379 g/mol. The molecule has 2 aromatic carbocycles. The Morgan fingerprint density at radius 2 is 1.81 bits per heavy atom. The number of alkyl halides is 3. The number of aromatic nitrogens is 2. The molecule has 0 aliphatic heterocycles. The van der Waals surface area contributed by atoms with Gasteiger partial charge in [-0.2, -0.15) is 13.2 Å². The maximum absolute atomic E-state index is 13.1. The first-order valence-electron chi connectivity index (χ1n) is 8.05. The van der Waals surface area contributed by atoms with Crippen LogP contribution in [0, 0.1) is 0 Å². The Labute approximate surface area is 151 Å². The summed E-state index contributed by atoms with van der Waals surface area (Å²) >= 11 is 0. The van der Waals surface area contributed by atoms with Gasteiger partial charge in [-0.15, -0.1) is 0 Å². The molecule has 0 fully saturated rings. The van der Waals surface area contributed by atoms with Gasteiger partial charge in [0.25, 0.3) is 0 Å². The number of aromatic amines is 2. The third-order valence-corrected chi connectivity index (χ3v) is 3.95. The highest BCUT2D eigenvalue weighted by atomic mass is 19.4. The van der Waals surface area contributed by atoms with E-state index in [9.17, 15) is 22.8 Å². The molecule has 0 aliphatic rings. The van der Waals surface area contributed by atoms with E-state index >= 15 is 0 Å². The van der Waals surface area contributed by atoms with Gasteiger partial charge in [0.15, 0.2) is 6.23 Å². The first kappa shape index (κ1) is 18.6. The van der Waals surface area contributed by atoms with Gasteiger partial charge in [0, 0.05) is 6.54 Å². The molecule has 2 N–H and O–H groups in total. The average Bonchev–Trinajstić information content (AvgIpc) is 3.00. The Balaban J connectivity index is 1.90. The molecule has 3 aromatic rings. The number of imidazole rings is 1. The molecular formula is C18H16F3N3O3. The topological polar surface area (TPSA) is 78.2 Å². The van der Waals surface area contributed by atoms with Crippen molar-refractivity contribution in [2.24, 2.45) is 0 Å². The van der Waals surface area contributed by atoms with Crippen molar-refractivity contribution >= 4 is 16.9 Å². The number of halogens is 3. The number of carbonyl (C=O) groups is 1. The Kier molecular flexibility index (Phi) is 4.93. The second-order valence-corrected chi connectivity index (χ2v) is 5.89. The summed E-state index contributed by atoms with van der Waals surface area (Å²) in [7, 11) is 0. The zero-order valence-corrected chi connectivity index (χ0v) is 14.2. The minimum Gasteiger partial charge on any atom is -0.468 e. The van der Waals surface area contributed by atoms with E-state index in [1.165, 1.54) is 13.0 Å². The highest BCUT2D eigenvalue weighted by Crippen LogP contribution is 2.26. The molecule has 0 saturated carbocycles. The highest BCUT2D eigenvalue weighted by molar-refractivity contribution is 5.83. The summed E-state index contributed by atoms with van der Waals surface area (Å²) in [5.74, 6) is -1.85. The lowest BCUT2D eigenvalue weighted by Gasteiger charge is -2.30. The number of hydrogen-bond acceptors (Lipinski definition) is 3.